The lowest BCUT2D eigenvalue weighted by Crippen LogP contribution is -2.12. The highest BCUT2D eigenvalue weighted by molar-refractivity contribution is 9.10. The summed E-state index contributed by atoms with van der Waals surface area (Å²) in [7, 11) is 0. The molecule has 0 heterocycles. The number of carbonyl (C=O) groups excluding carboxylic acids is 1. The summed E-state index contributed by atoms with van der Waals surface area (Å²) in [5.41, 5.74) is 2.15. The Balaban J connectivity index is 2.26. The van der Waals surface area contributed by atoms with Crippen molar-refractivity contribution in [3.05, 3.63) is 69.2 Å². The Hall–Kier alpha value is -1.12. The number of Topliss-reactive ketones (excluding diaryl/α,β-unsaturated/α-hetero) is 1. The molecule has 98 valence electrons. The van der Waals surface area contributed by atoms with E-state index in [1.165, 1.54) is 0 Å². The zero-order valence-corrected chi connectivity index (χ0v) is 12.9. The predicted octanol–water partition coefficient (Wildman–Crippen LogP) is 5.02. The number of rotatable bonds is 4. The Kier molecular flexibility index (Phi) is 4.78. The van der Waals surface area contributed by atoms with Gasteiger partial charge in [-0.1, -0.05) is 51.8 Å². The summed E-state index contributed by atoms with van der Waals surface area (Å²) in [6.45, 7) is 1.64. The quantitative estimate of drug-likeness (QED) is 0.766. The maximum absolute atomic E-state index is 11.9. The largest absolute Gasteiger partial charge is 0.299 e. The average Bonchev–Trinajstić information content (AvgIpc) is 2.37. The van der Waals surface area contributed by atoms with Crippen molar-refractivity contribution in [3.63, 3.8) is 0 Å². The minimum Gasteiger partial charge on any atom is -0.299 e. The molecule has 0 aliphatic rings. The van der Waals surface area contributed by atoms with E-state index in [0.29, 0.717) is 11.4 Å². The van der Waals surface area contributed by atoms with Crippen LogP contribution < -0.4 is 0 Å². The maximum atomic E-state index is 11.9. The first-order valence-electron chi connectivity index (χ1n) is 6.06. The lowest BCUT2D eigenvalue weighted by atomic mass is 9.89. The molecule has 2 aromatic carbocycles. The van der Waals surface area contributed by atoms with Gasteiger partial charge < -0.3 is 0 Å². The highest BCUT2D eigenvalue weighted by Gasteiger charge is 2.17. The standard InChI is InChI=1S/C16H14BrClO/c1-11(19)16(13-3-2-4-14(17)10-13)9-12-5-7-15(18)8-6-12/h2-8,10,16H,9H2,1H3. The molecule has 0 saturated heterocycles. The van der Waals surface area contributed by atoms with Crippen LogP contribution in [0.5, 0.6) is 0 Å². The molecule has 0 N–H and O–H groups in total. The SMILES string of the molecule is CC(=O)C(Cc1ccc(Cl)cc1)c1cccc(Br)c1. The smallest absolute Gasteiger partial charge is 0.137 e. The zero-order valence-electron chi connectivity index (χ0n) is 10.6. The van der Waals surface area contributed by atoms with E-state index in [0.717, 1.165) is 15.6 Å². The Morgan fingerprint density at radius 3 is 2.47 bits per heavy atom. The Morgan fingerprint density at radius 1 is 1.21 bits per heavy atom. The number of hydrogen-bond donors (Lipinski definition) is 0. The summed E-state index contributed by atoms with van der Waals surface area (Å²) in [6.07, 6.45) is 0.697. The van der Waals surface area contributed by atoms with Gasteiger partial charge in [-0.05, 0) is 48.7 Å². The molecule has 0 fully saturated rings. The molecule has 1 atom stereocenters. The van der Waals surface area contributed by atoms with Gasteiger partial charge in [0.05, 0.1) is 0 Å². The Bertz CT molecular complexity index is 578. The molecule has 19 heavy (non-hydrogen) atoms. The van der Waals surface area contributed by atoms with E-state index >= 15 is 0 Å². The van der Waals surface area contributed by atoms with Crippen LogP contribution in [0, 0.1) is 0 Å². The van der Waals surface area contributed by atoms with Crippen LogP contribution >= 0.6 is 27.5 Å². The first-order valence-corrected chi connectivity index (χ1v) is 7.23. The number of halogens is 2. The fourth-order valence-electron chi connectivity index (χ4n) is 2.08. The second-order valence-electron chi connectivity index (χ2n) is 4.55. The second kappa shape index (κ2) is 6.36. The molecular formula is C16H14BrClO. The van der Waals surface area contributed by atoms with Crippen molar-refractivity contribution >= 4 is 33.3 Å². The van der Waals surface area contributed by atoms with E-state index in [1.54, 1.807) is 6.92 Å². The molecule has 0 aliphatic carbocycles. The van der Waals surface area contributed by atoms with Crippen LogP contribution in [0.15, 0.2) is 53.0 Å². The molecule has 1 unspecified atom stereocenters. The van der Waals surface area contributed by atoms with Gasteiger partial charge in [-0.3, -0.25) is 4.79 Å². The first-order chi connectivity index (χ1) is 9.06. The van der Waals surface area contributed by atoms with Crippen molar-refractivity contribution in [1.29, 1.82) is 0 Å². The van der Waals surface area contributed by atoms with Crippen molar-refractivity contribution in [2.75, 3.05) is 0 Å². The van der Waals surface area contributed by atoms with Crippen LogP contribution in [0.4, 0.5) is 0 Å². The van der Waals surface area contributed by atoms with Gasteiger partial charge in [0.1, 0.15) is 5.78 Å². The lowest BCUT2D eigenvalue weighted by molar-refractivity contribution is -0.118. The molecule has 0 amide bonds. The molecule has 0 saturated carbocycles. The Labute approximate surface area is 126 Å². The van der Waals surface area contributed by atoms with E-state index in [-0.39, 0.29) is 11.7 Å². The topological polar surface area (TPSA) is 17.1 Å². The van der Waals surface area contributed by atoms with E-state index < -0.39 is 0 Å². The molecular weight excluding hydrogens is 324 g/mol. The van der Waals surface area contributed by atoms with E-state index in [2.05, 4.69) is 15.9 Å². The number of benzene rings is 2. The van der Waals surface area contributed by atoms with Crippen molar-refractivity contribution in [1.82, 2.24) is 0 Å². The Morgan fingerprint density at radius 2 is 1.89 bits per heavy atom. The van der Waals surface area contributed by atoms with Crippen LogP contribution in [0.1, 0.15) is 24.0 Å². The van der Waals surface area contributed by atoms with Gasteiger partial charge in [-0.2, -0.15) is 0 Å². The summed E-state index contributed by atoms with van der Waals surface area (Å²) < 4.78 is 0.993. The molecule has 0 radical (unpaired) electrons. The van der Waals surface area contributed by atoms with E-state index in [9.17, 15) is 4.79 Å². The predicted molar refractivity (Wildman–Crippen MR) is 82.7 cm³/mol. The van der Waals surface area contributed by atoms with Crippen LogP contribution in [-0.4, -0.2) is 5.78 Å². The monoisotopic (exact) mass is 336 g/mol. The maximum Gasteiger partial charge on any atom is 0.137 e. The fourth-order valence-corrected chi connectivity index (χ4v) is 2.62. The van der Waals surface area contributed by atoms with Crippen LogP contribution in [-0.2, 0) is 11.2 Å². The van der Waals surface area contributed by atoms with Gasteiger partial charge in [0, 0.05) is 15.4 Å². The number of hydrogen-bond acceptors (Lipinski definition) is 1. The van der Waals surface area contributed by atoms with Gasteiger partial charge in [0.2, 0.25) is 0 Å². The average molecular weight is 338 g/mol. The molecule has 1 nitrogen and oxygen atoms in total. The summed E-state index contributed by atoms with van der Waals surface area (Å²) in [6, 6.07) is 15.6. The summed E-state index contributed by atoms with van der Waals surface area (Å²) >= 11 is 9.32. The first kappa shape index (κ1) is 14.3. The fraction of sp³-hybridized carbons (Fsp3) is 0.188. The van der Waals surface area contributed by atoms with E-state index in [1.807, 2.05) is 48.5 Å². The highest BCUT2D eigenvalue weighted by Crippen LogP contribution is 2.25. The molecule has 3 heteroatoms. The summed E-state index contributed by atoms with van der Waals surface area (Å²) in [5, 5.41) is 0.714. The zero-order chi connectivity index (χ0) is 13.8. The third-order valence-electron chi connectivity index (χ3n) is 3.09. The molecule has 0 bridgehead atoms. The third kappa shape index (κ3) is 3.92. The summed E-state index contributed by atoms with van der Waals surface area (Å²) in [5.74, 6) is 0.0618. The van der Waals surface area contributed by atoms with Crippen LogP contribution in [0.2, 0.25) is 5.02 Å². The number of ketones is 1. The molecule has 0 aromatic heterocycles. The van der Waals surface area contributed by atoms with Crippen molar-refractivity contribution in [2.45, 2.75) is 19.3 Å². The van der Waals surface area contributed by atoms with E-state index in [4.69, 9.17) is 11.6 Å². The molecule has 2 aromatic rings. The highest BCUT2D eigenvalue weighted by atomic mass is 79.9. The third-order valence-corrected chi connectivity index (χ3v) is 3.84. The van der Waals surface area contributed by atoms with Crippen molar-refractivity contribution in [3.8, 4) is 0 Å². The van der Waals surface area contributed by atoms with Gasteiger partial charge in [0.25, 0.3) is 0 Å². The molecule has 2 rings (SSSR count). The van der Waals surface area contributed by atoms with Crippen LogP contribution in [0.3, 0.4) is 0 Å². The normalized spacial score (nSPS) is 12.2. The van der Waals surface area contributed by atoms with Gasteiger partial charge in [-0.25, -0.2) is 0 Å². The molecule has 0 spiro atoms. The van der Waals surface area contributed by atoms with Crippen molar-refractivity contribution in [2.24, 2.45) is 0 Å². The summed E-state index contributed by atoms with van der Waals surface area (Å²) in [4.78, 5) is 11.9. The van der Waals surface area contributed by atoms with Gasteiger partial charge in [0.15, 0.2) is 0 Å². The lowest BCUT2D eigenvalue weighted by Gasteiger charge is -2.15. The minimum atomic E-state index is -0.112. The van der Waals surface area contributed by atoms with Gasteiger partial charge >= 0.3 is 0 Å². The minimum absolute atomic E-state index is 0.112. The van der Waals surface area contributed by atoms with Gasteiger partial charge in [-0.15, -0.1) is 0 Å². The van der Waals surface area contributed by atoms with Crippen molar-refractivity contribution < 1.29 is 4.79 Å². The van der Waals surface area contributed by atoms with Crippen LogP contribution in [0.25, 0.3) is 0 Å². The molecule has 0 aliphatic heterocycles. The second-order valence-corrected chi connectivity index (χ2v) is 5.90. The number of carbonyl (C=O) groups is 1.